The van der Waals surface area contributed by atoms with Crippen molar-refractivity contribution in [1.82, 2.24) is 0 Å². The standard InChI is InChI=1S/C37H37N/c1-4-9-33(26-30-10-8-13-34(27-30)31-11-6-5-7-12-31)32-18-24-37(25-19-32)38(35-20-14-28(2)15-21-35)36-22-16-29(3)17-23-36/h5-8,10-25,27,33H,4,9,26H2,1-3H3. The number of hydrogen-bond acceptors (Lipinski definition) is 1. The monoisotopic (exact) mass is 495 g/mol. The third-order valence-electron chi connectivity index (χ3n) is 7.36. The molecule has 0 saturated carbocycles. The maximum Gasteiger partial charge on any atom is 0.0461 e. The zero-order chi connectivity index (χ0) is 26.3. The second kappa shape index (κ2) is 12.0. The normalized spacial score (nSPS) is 11.8. The van der Waals surface area contributed by atoms with Crippen LogP contribution in [0.4, 0.5) is 17.1 Å². The topological polar surface area (TPSA) is 3.24 Å². The molecule has 1 heteroatoms. The van der Waals surface area contributed by atoms with Crippen molar-refractivity contribution in [3.05, 3.63) is 150 Å². The Labute approximate surface area is 228 Å². The lowest BCUT2D eigenvalue weighted by molar-refractivity contribution is 0.610. The van der Waals surface area contributed by atoms with Gasteiger partial charge in [-0.3, -0.25) is 0 Å². The number of hydrogen-bond donors (Lipinski definition) is 0. The molecule has 5 aromatic rings. The Bertz CT molecular complexity index is 1390. The molecule has 1 atom stereocenters. The van der Waals surface area contributed by atoms with Gasteiger partial charge in [-0.15, -0.1) is 0 Å². The van der Waals surface area contributed by atoms with Gasteiger partial charge in [-0.05, 0) is 91.3 Å². The maximum atomic E-state index is 2.36. The fourth-order valence-electron chi connectivity index (χ4n) is 5.26. The molecular weight excluding hydrogens is 458 g/mol. The lowest BCUT2D eigenvalue weighted by atomic mass is 9.87. The van der Waals surface area contributed by atoms with Crippen LogP contribution in [0.1, 0.15) is 47.9 Å². The summed E-state index contributed by atoms with van der Waals surface area (Å²) < 4.78 is 0. The van der Waals surface area contributed by atoms with E-state index in [1.165, 1.54) is 63.3 Å². The molecule has 0 radical (unpaired) electrons. The third-order valence-corrected chi connectivity index (χ3v) is 7.36. The highest BCUT2D eigenvalue weighted by Crippen LogP contribution is 2.36. The van der Waals surface area contributed by atoms with Crippen LogP contribution in [0.25, 0.3) is 11.1 Å². The van der Waals surface area contributed by atoms with Crippen LogP contribution in [-0.4, -0.2) is 0 Å². The van der Waals surface area contributed by atoms with E-state index in [9.17, 15) is 0 Å². The summed E-state index contributed by atoms with van der Waals surface area (Å²) in [7, 11) is 0. The Hall–Kier alpha value is -4.10. The summed E-state index contributed by atoms with van der Waals surface area (Å²) in [6.45, 7) is 6.56. The first-order valence-electron chi connectivity index (χ1n) is 13.8. The molecule has 38 heavy (non-hydrogen) atoms. The van der Waals surface area contributed by atoms with E-state index < -0.39 is 0 Å². The molecule has 190 valence electrons. The van der Waals surface area contributed by atoms with Gasteiger partial charge in [0.15, 0.2) is 0 Å². The molecule has 0 spiro atoms. The van der Waals surface area contributed by atoms with Crippen molar-refractivity contribution in [1.29, 1.82) is 0 Å². The molecule has 1 nitrogen and oxygen atoms in total. The van der Waals surface area contributed by atoms with E-state index in [4.69, 9.17) is 0 Å². The van der Waals surface area contributed by atoms with Crippen molar-refractivity contribution in [2.24, 2.45) is 0 Å². The first kappa shape index (κ1) is 25.5. The third kappa shape index (κ3) is 6.06. The number of nitrogens with zero attached hydrogens (tertiary/aromatic N) is 1. The van der Waals surface area contributed by atoms with Gasteiger partial charge in [0.1, 0.15) is 0 Å². The molecule has 0 bridgehead atoms. The molecule has 0 fully saturated rings. The Morgan fingerprint density at radius 2 is 1.08 bits per heavy atom. The highest BCUT2D eigenvalue weighted by atomic mass is 15.1. The quantitative estimate of drug-likeness (QED) is 0.196. The summed E-state index contributed by atoms with van der Waals surface area (Å²) >= 11 is 0. The van der Waals surface area contributed by atoms with Crippen LogP contribution in [0.15, 0.2) is 127 Å². The fraction of sp³-hybridized carbons (Fsp3) is 0.189. The van der Waals surface area contributed by atoms with Crippen LogP contribution in [0.2, 0.25) is 0 Å². The van der Waals surface area contributed by atoms with Gasteiger partial charge < -0.3 is 4.90 Å². The minimum atomic E-state index is 0.493. The second-order valence-electron chi connectivity index (χ2n) is 10.4. The van der Waals surface area contributed by atoms with Gasteiger partial charge >= 0.3 is 0 Å². The highest BCUT2D eigenvalue weighted by Gasteiger charge is 2.16. The molecule has 1 unspecified atom stereocenters. The van der Waals surface area contributed by atoms with E-state index in [0.29, 0.717) is 5.92 Å². The molecule has 0 heterocycles. The van der Waals surface area contributed by atoms with Crippen LogP contribution in [0, 0.1) is 13.8 Å². The largest absolute Gasteiger partial charge is 0.311 e. The van der Waals surface area contributed by atoms with Gasteiger partial charge in [0, 0.05) is 17.1 Å². The van der Waals surface area contributed by atoms with E-state index >= 15 is 0 Å². The smallest absolute Gasteiger partial charge is 0.0461 e. The van der Waals surface area contributed by atoms with Gasteiger partial charge in [0.25, 0.3) is 0 Å². The Balaban J connectivity index is 1.43. The van der Waals surface area contributed by atoms with Gasteiger partial charge in [0.05, 0.1) is 0 Å². The van der Waals surface area contributed by atoms with Crippen LogP contribution < -0.4 is 4.90 Å². The minimum Gasteiger partial charge on any atom is -0.311 e. The van der Waals surface area contributed by atoms with E-state index in [1.807, 2.05) is 0 Å². The van der Waals surface area contributed by atoms with Crippen molar-refractivity contribution < 1.29 is 0 Å². The SMILES string of the molecule is CCCC(Cc1cccc(-c2ccccc2)c1)c1ccc(N(c2ccc(C)cc2)c2ccc(C)cc2)cc1. The summed E-state index contributed by atoms with van der Waals surface area (Å²) in [5.74, 6) is 0.493. The molecule has 0 amide bonds. The minimum absolute atomic E-state index is 0.493. The predicted molar refractivity (Wildman–Crippen MR) is 164 cm³/mol. The molecule has 0 aliphatic carbocycles. The van der Waals surface area contributed by atoms with Crippen molar-refractivity contribution in [2.45, 2.75) is 46.0 Å². The molecule has 0 saturated heterocycles. The highest BCUT2D eigenvalue weighted by molar-refractivity contribution is 5.76. The molecule has 5 rings (SSSR count). The summed E-state index contributed by atoms with van der Waals surface area (Å²) in [4.78, 5) is 2.35. The average Bonchev–Trinajstić information content (AvgIpc) is 2.96. The number of anilines is 3. The fourth-order valence-corrected chi connectivity index (χ4v) is 5.26. The first-order valence-corrected chi connectivity index (χ1v) is 13.8. The Morgan fingerprint density at radius 1 is 0.553 bits per heavy atom. The van der Waals surface area contributed by atoms with E-state index in [1.54, 1.807) is 0 Å². The van der Waals surface area contributed by atoms with Gasteiger partial charge in [-0.2, -0.15) is 0 Å². The van der Waals surface area contributed by atoms with Crippen LogP contribution in [-0.2, 0) is 6.42 Å². The lowest BCUT2D eigenvalue weighted by Gasteiger charge is -2.26. The first-order chi connectivity index (χ1) is 18.6. The van der Waals surface area contributed by atoms with Crippen molar-refractivity contribution in [3.8, 4) is 11.1 Å². The lowest BCUT2D eigenvalue weighted by Crippen LogP contribution is -2.10. The number of benzene rings is 5. The van der Waals surface area contributed by atoms with Crippen LogP contribution in [0.3, 0.4) is 0 Å². The average molecular weight is 496 g/mol. The van der Waals surface area contributed by atoms with Crippen molar-refractivity contribution in [3.63, 3.8) is 0 Å². The predicted octanol–water partition coefficient (Wildman–Crippen LogP) is 10.6. The zero-order valence-electron chi connectivity index (χ0n) is 22.8. The maximum absolute atomic E-state index is 2.36. The second-order valence-corrected chi connectivity index (χ2v) is 10.4. The summed E-state index contributed by atoms with van der Waals surface area (Å²) in [5, 5.41) is 0. The molecule has 0 aromatic heterocycles. The van der Waals surface area contributed by atoms with Crippen LogP contribution in [0.5, 0.6) is 0 Å². The molecule has 0 N–H and O–H groups in total. The van der Waals surface area contributed by atoms with Gasteiger partial charge in [0.2, 0.25) is 0 Å². The summed E-state index contributed by atoms with van der Waals surface area (Å²) in [6.07, 6.45) is 3.39. The summed E-state index contributed by atoms with van der Waals surface area (Å²) in [6, 6.07) is 46.6. The zero-order valence-corrected chi connectivity index (χ0v) is 22.8. The number of aryl methyl sites for hydroxylation is 2. The van der Waals surface area contributed by atoms with Crippen molar-refractivity contribution in [2.75, 3.05) is 4.90 Å². The van der Waals surface area contributed by atoms with E-state index in [0.717, 1.165) is 6.42 Å². The molecule has 0 aliphatic heterocycles. The van der Waals surface area contributed by atoms with E-state index in [2.05, 4.69) is 153 Å². The summed E-state index contributed by atoms with van der Waals surface area (Å²) in [5.41, 5.74) is 11.5. The molecular formula is C37H37N. The van der Waals surface area contributed by atoms with Crippen molar-refractivity contribution >= 4 is 17.1 Å². The number of rotatable bonds is 9. The van der Waals surface area contributed by atoms with Gasteiger partial charge in [-0.1, -0.05) is 115 Å². The van der Waals surface area contributed by atoms with E-state index in [-0.39, 0.29) is 0 Å². The molecule has 5 aromatic carbocycles. The molecule has 0 aliphatic rings. The van der Waals surface area contributed by atoms with Gasteiger partial charge in [-0.25, -0.2) is 0 Å². The Kier molecular flexibility index (Phi) is 8.04. The Morgan fingerprint density at radius 3 is 1.63 bits per heavy atom. The van der Waals surface area contributed by atoms with Crippen LogP contribution >= 0.6 is 0 Å².